The lowest BCUT2D eigenvalue weighted by atomic mass is 10.1. The summed E-state index contributed by atoms with van der Waals surface area (Å²) in [5.41, 5.74) is 2.27. The molecule has 4 heteroatoms. The Morgan fingerprint density at radius 1 is 1.32 bits per heavy atom. The van der Waals surface area contributed by atoms with E-state index in [4.69, 9.17) is 4.74 Å². The lowest BCUT2D eigenvalue weighted by molar-refractivity contribution is 0.146. The molecule has 104 valence electrons. The maximum Gasteiger partial charge on any atom is 0.0841 e. The van der Waals surface area contributed by atoms with Crippen molar-refractivity contribution in [3.8, 4) is 0 Å². The van der Waals surface area contributed by atoms with Gasteiger partial charge in [0.05, 0.1) is 17.8 Å². The van der Waals surface area contributed by atoms with Crippen molar-refractivity contribution in [3.63, 3.8) is 0 Å². The molecule has 2 aromatic rings. The zero-order valence-electron chi connectivity index (χ0n) is 12.2. The molecule has 0 aliphatic heterocycles. The van der Waals surface area contributed by atoms with Crippen LogP contribution in [0.5, 0.6) is 0 Å². The Bertz CT molecular complexity index is 533. The van der Waals surface area contributed by atoms with Crippen molar-refractivity contribution >= 4 is 10.9 Å². The number of hydrogen-bond donors (Lipinski definition) is 1. The first-order valence-corrected chi connectivity index (χ1v) is 6.76. The van der Waals surface area contributed by atoms with E-state index in [1.165, 1.54) is 10.9 Å². The Kier molecular flexibility index (Phi) is 4.56. The van der Waals surface area contributed by atoms with E-state index in [0.29, 0.717) is 12.0 Å². The van der Waals surface area contributed by atoms with Gasteiger partial charge in [0.15, 0.2) is 0 Å². The molecule has 0 fully saturated rings. The topological polar surface area (TPSA) is 39.1 Å². The molecule has 0 aliphatic rings. The molecule has 1 atom stereocenters. The van der Waals surface area contributed by atoms with Crippen molar-refractivity contribution < 1.29 is 4.74 Å². The van der Waals surface area contributed by atoms with Crippen molar-refractivity contribution in [2.75, 3.05) is 13.7 Å². The van der Waals surface area contributed by atoms with Gasteiger partial charge in [-0.15, -0.1) is 0 Å². The third-order valence-electron chi connectivity index (χ3n) is 3.52. The van der Waals surface area contributed by atoms with Gasteiger partial charge in [0, 0.05) is 32.1 Å². The van der Waals surface area contributed by atoms with Crippen molar-refractivity contribution in [1.29, 1.82) is 0 Å². The van der Waals surface area contributed by atoms with Crippen LogP contribution < -0.4 is 5.32 Å². The van der Waals surface area contributed by atoms with E-state index >= 15 is 0 Å². The van der Waals surface area contributed by atoms with Gasteiger partial charge < -0.3 is 10.1 Å². The maximum atomic E-state index is 5.26. The summed E-state index contributed by atoms with van der Waals surface area (Å²) in [5.74, 6) is 0.537. The third kappa shape index (κ3) is 3.14. The van der Waals surface area contributed by atoms with Gasteiger partial charge in [-0.1, -0.05) is 32.0 Å². The van der Waals surface area contributed by atoms with Crippen LogP contribution in [0, 0.1) is 5.92 Å². The first kappa shape index (κ1) is 14.0. The molecule has 1 heterocycles. The summed E-state index contributed by atoms with van der Waals surface area (Å²) in [6.07, 6.45) is 0. The molecule has 0 aliphatic carbocycles. The van der Waals surface area contributed by atoms with Crippen LogP contribution in [0.25, 0.3) is 10.9 Å². The Labute approximate surface area is 114 Å². The fraction of sp³-hybridized carbons (Fsp3) is 0.533. The normalized spacial score (nSPS) is 13.3. The van der Waals surface area contributed by atoms with E-state index in [1.54, 1.807) is 7.11 Å². The highest BCUT2D eigenvalue weighted by atomic mass is 16.5. The number of para-hydroxylation sites is 1. The van der Waals surface area contributed by atoms with Crippen LogP contribution >= 0.6 is 0 Å². The van der Waals surface area contributed by atoms with E-state index < -0.39 is 0 Å². The van der Waals surface area contributed by atoms with Crippen LogP contribution in [0.1, 0.15) is 19.5 Å². The monoisotopic (exact) mass is 261 g/mol. The number of rotatable bonds is 6. The molecule has 0 amide bonds. The second-order valence-electron chi connectivity index (χ2n) is 5.27. The average molecular weight is 261 g/mol. The fourth-order valence-electron chi connectivity index (χ4n) is 2.31. The molecule has 0 bridgehead atoms. The quantitative estimate of drug-likeness (QED) is 0.867. The first-order valence-electron chi connectivity index (χ1n) is 6.76. The second kappa shape index (κ2) is 6.17. The highest BCUT2D eigenvalue weighted by Crippen LogP contribution is 2.17. The predicted molar refractivity (Wildman–Crippen MR) is 78.1 cm³/mol. The molecule has 2 rings (SSSR count). The Morgan fingerprint density at radius 3 is 2.74 bits per heavy atom. The molecule has 1 N–H and O–H groups in total. The summed E-state index contributed by atoms with van der Waals surface area (Å²) in [7, 11) is 3.73. The van der Waals surface area contributed by atoms with Gasteiger partial charge in [-0.2, -0.15) is 5.10 Å². The summed E-state index contributed by atoms with van der Waals surface area (Å²) in [6, 6.07) is 8.68. The molecule has 0 saturated heterocycles. The summed E-state index contributed by atoms with van der Waals surface area (Å²) in [4.78, 5) is 0. The van der Waals surface area contributed by atoms with Gasteiger partial charge in [0.2, 0.25) is 0 Å². The number of fused-ring (bicyclic) bond motifs is 1. The number of nitrogens with one attached hydrogen (secondary N) is 1. The van der Waals surface area contributed by atoms with Crippen LogP contribution in [0.2, 0.25) is 0 Å². The van der Waals surface area contributed by atoms with E-state index in [9.17, 15) is 0 Å². The lowest BCUT2D eigenvalue weighted by Gasteiger charge is -2.21. The molecule has 4 nitrogen and oxygen atoms in total. The van der Waals surface area contributed by atoms with Gasteiger partial charge in [0.1, 0.15) is 0 Å². The number of aromatic nitrogens is 2. The Balaban J connectivity index is 2.13. The van der Waals surface area contributed by atoms with E-state index in [2.05, 4.69) is 42.5 Å². The van der Waals surface area contributed by atoms with Gasteiger partial charge >= 0.3 is 0 Å². The molecule has 0 saturated carbocycles. The van der Waals surface area contributed by atoms with Gasteiger partial charge in [-0.05, 0) is 12.0 Å². The summed E-state index contributed by atoms with van der Waals surface area (Å²) in [5, 5.41) is 9.36. The van der Waals surface area contributed by atoms with Crippen molar-refractivity contribution in [1.82, 2.24) is 15.1 Å². The van der Waals surface area contributed by atoms with Gasteiger partial charge in [-0.25, -0.2) is 0 Å². The highest BCUT2D eigenvalue weighted by molar-refractivity contribution is 5.81. The number of aryl methyl sites for hydroxylation is 1. The number of nitrogens with zero attached hydrogens (tertiary/aromatic N) is 2. The third-order valence-corrected chi connectivity index (χ3v) is 3.52. The highest BCUT2D eigenvalue weighted by Gasteiger charge is 2.14. The minimum absolute atomic E-state index is 0.353. The average Bonchev–Trinajstić information content (AvgIpc) is 2.72. The Morgan fingerprint density at radius 2 is 2.05 bits per heavy atom. The maximum absolute atomic E-state index is 5.26. The molecule has 0 spiro atoms. The molecule has 1 aromatic heterocycles. The van der Waals surface area contributed by atoms with Crippen LogP contribution in [0.4, 0.5) is 0 Å². The standard InChI is InChI=1S/C15H23N3O/c1-11(2)14(10-19-4)16-9-13-12-7-5-6-8-15(12)18(3)17-13/h5-8,11,14,16H,9-10H2,1-4H3. The lowest BCUT2D eigenvalue weighted by Crippen LogP contribution is -2.37. The minimum atomic E-state index is 0.353. The van der Waals surface area contributed by atoms with Crippen LogP contribution in [-0.2, 0) is 18.3 Å². The second-order valence-corrected chi connectivity index (χ2v) is 5.27. The number of ether oxygens (including phenoxy) is 1. The zero-order valence-corrected chi connectivity index (χ0v) is 12.2. The Hall–Kier alpha value is -1.39. The summed E-state index contributed by atoms with van der Waals surface area (Å²) in [6.45, 7) is 5.90. The van der Waals surface area contributed by atoms with Gasteiger partial charge in [-0.3, -0.25) is 4.68 Å². The molecular formula is C15H23N3O. The SMILES string of the molecule is COCC(NCc1nn(C)c2ccccc12)C(C)C. The van der Waals surface area contributed by atoms with Gasteiger partial charge in [0.25, 0.3) is 0 Å². The van der Waals surface area contributed by atoms with E-state index in [0.717, 1.165) is 18.8 Å². The molecule has 19 heavy (non-hydrogen) atoms. The summed E-state index contributed by atoms with van der Waals surface area (Å²) < 4.78 is 7.20. The minimum Gasteiger partial charge on any atom is -0.383 e. The van der Waals surface area contributed by atoms with Crippen LogP contribution in [-0.4, -0.2) is 29.5 Å². The van der Waals surface area contributed by atoms with Crippen molar-refractivity contribution in [2.45, 2.75) is 26.4 Å². The summed E-state index contributed by atoms with van der Waals surface area (Å²) >= 11 is 0. The smallest absolute Gasteiger partial charge is 0.0841 e. The number of methoxy groups -OCH3 is 1. The van der Waals surface area contributed by atoms with E-state index in [1.807, 2.05) is 17.8 Å². The predicted octanol–water partition coefficient (Wildman–Crippen LogP) is 2.33. The largest absolute Gasteiger partial charge is 0.383 e. The molecule has 1 unspecified atom stereocenters. The van der Waals surface area contributed by atoms with Crippen LogP contribution in [0.3, 0.4) is 0 Å². The fourth-order valence-corrected chi connectivity index (χ4v) is 2.31. The zero-order chi connectivity index (χ0) is 13.8. The molecule has 1 aromatic carbocycles. The molecule has 0 radical (unpaired) electrons. The van der Waals surface area contributed by atoms with Crippen molar-refractivity contribution in [3.05, 3.63) is 30.0 Å². The number of benzene rings is 1. The van der Waals surface area contributed by atoms with E-state index in [-0.39, 0.29) is 0 Å². The first-order chi connectivity index (χ1) is 9.13. The number of hydrogen-bond acceptors (Lipinski definition) is 3. The molecular weight excluding hydrogens is 238 g/mol. The van der Waals surface area contributed by atoms with Crippen LogP contribution in [0.15, 0.2) is 24.3 Å². The van der Waals surface area contributed by atoms with Crippen molar-refractivity contribution in [2.24, 2.45) is 13.0 Å².